The molecule has 0 aliphatic carbocycles. The maximum Gasteiger partial charge on any atom is 0.209 e. The summed E-state index contributed by atoms with van der Waals surface area (Å²) in [6.07, 6.45) is -69.5. The highest BCUT2D eigenvalue weighted by Crippen LogP contribution is 2.39. The van der Waals surface area contributed by atoms with E-state index in [2.05, 4.69) is 0 Å². The quantitative estimate of drug-likeness (QED) is 0.100. The number of aliphatic hydroxyl groups excluding tert-OH is 21. The van der Waals surface area contributed by atoms with Crippen molar-refractivity contribution < 1.29 is 178 Å². The van der Waals surface area contributed by atoms with Crippen LogP contribution in [-0.2, 0) is 71.1 Å². The lowest BCUT2D eigenvalue weighted by atomic mass is 9.95. The van der Waals surface area contributed by atoms with Gasteiger partial charge in [-0.1, -0.05) is 0 Å². The molecule has 0 aromatic rings. The van der Waals surface area contributed by atoms with Gasteiger partial charge < -0.3 is 178 Å². The largest absolute Gasteiger partial charge is 0.394 e. The highest BCUT2D eigenvalue weighted by Gasteiger charge is 2.59. The highest BCUT2D eigenvalue weighted by molar-refractivity contribution is 5.45. The van der Waals surface area contributed by atoms with Gasteiger partial charge >= 0.3 is 0 Å². The van der Waals surface area contributed by atoms with Gasteiger partial charge in [0.05, 0.1) is 46.2 Å². The number of nitrogens with zero attached hydrogens (tertiary/aromatic N) is 1. The third-order valence-corrected chi connectivity index (χ3v) is 15.0. The predicted octanol–water partition coefficient (Wildman–Crippen LogP) is -15.5. The van der Waals surface area contributed by atoms with Gasteiger partial charge in [0.1, 0.15) is 171 Å². The summed E-state index contributed by atoms with van der Waals surface area (Å²) in [6.45, 7) is -7.33. The minimum absolute atomic E-state index is 0.750. The molecule has 21 N–H and O–H groups in total. The van der Waals surface area contributed by atoms with Gasteiger partial charge in [-0.25, -0.2) is 0 Å². The van der Waals surface area contributed by atoms with Crippen LogP contribution in [0.25, 0.3) is 0 Å². The average Bonchev–Trinajstić information content (AvgIpc) is 3.01. The van der Waals surface area contributed by atoms with Gasteiger partial charge in [-0.05, 0) is 0 Å². The van der Waals surface area contributed by atoms with Crippen LogP contribution >= 0.6 is 0 Å². The van der Waals surface area contributed by atoms with Crippen molar-refractivity contribution in [3.8, 4) is 0 Å². The molecular formula is C45H77NO36. The van der Waals surface area contributed by atoms with Gasteiger partial charge in [-0.15, -0.1) is 0 Å². The smallest absolute Gasteiger partial charge is 0.209 e. The Bertz CT molecular complexity index is 1580. The number of rotatable bonds is 8. The van der Waals surface area contributed by atoms with Crippen LogP contribution in [0.3, 0.4) is 0 Å². The zero-order chi connectivity index (χ0) is 60.3. The van der Waals surface area contributed by atoms with Crippen molar-refractivity contribution in [2.24, 2.45) is 0 Å². The lowest BCUT2D eigenvalue weighted by Gasteiger charge is -2.50. The fourth-order valence-electron chi connectivity index (χ4n) is 10.4. The molecule has 0 radical (unpaired) electrons. The lowest BCUT2D eigenvalue weighted by molar-refractivity contribution is -0.396. The van der Waals surface area contributed by atoms with Crippen molar-refractivity contribution in [1.29, 1.82) is 0 Å². The number of ether oxygens (including phenoxy) is 14. The molecule has 37 nitrogen and oxygen atoms in total. The molecule has 0 spiro atoms. The molecule has 0 aromatic carbocycles. The summed E-state index contributed by atoms with van der Waals surface area (Å²) in [7, 11) is 3.38. The van der Waals surface area contributed by atoms with Crippen LogP contribution < -0.4 is 0 Å². The van der Waals surface area contributed by atoms with E-state index in [1.807, 2.05) is 0 Å². The molecule has 1 amide bonds. The molecular weight excluding hydrogens is 1130 g/mol. The first-order valence-corrected chi connectivity index (χ1v) is 26.0. The molecule has 21 aliphatic heterocycles. The number of carbonyl (C=O) groups is 1. The van der Waals surface area contributed by atoms with E-state index < -0.39 is 261 Å². The topological polar surface area (TPSA) is 574 Å². The number of aliphatic hydroxyl groups is 21. The van der Waals surface area contributed by atoms with Crippen LogP contribution in [0.1, 0.15) is 0 Å². The van der Waals surface area contributed by atoms with Gasteiger partial charge in [-0.2, -0.15) is 0 Å². The molecule has 0 saturated carbocycles. The van der Waals surface area contributed by atoms with Crippen molar-refractivity contribution in [2.75, 3.05) is 60.3 Å². The molecule has 21 fully saturated rings. The first kappa shape index (κ1) is 67.6. The summed E-state index contributed by atoms with van der Waals surface area (Å²) >= 11 is 0. The summed E-state index contributed by atoms with van der Waals surface area (Å²) in [5, 5.41) is 230. The zero-order valence-corrected chi connectivity index (χ0v) is 43.7. The van der Waals surface area contributed by atoms with Crippen LogP contribution in [0.15, 0.2) is 0 Å². The van der Waals surface area contributed by atoms with Crippen LogP contribution in [0.5, 0.6) is 0 Å². The van der Waals surface area contributed by atoms with Crippen molar-refractivity contribution in [1.82, 2.24) is 4.90 Å². The second-order valence-corrected chi connectivity index (χ2v) is 20.7. The Hall–Kier alpha value is -1.93. The van der Waals surface area contributed by atoms with E-state index in [0.29, 0.717) is 0 Å². The number of hydrogen-bond donors (Lipinski definition) is 21. The second kappa shape index (κ2) is 29.4. The van der Waals surface area contributed by atoms with Crippen LogP contribution in [0.2, 0.25) is 0 Å². The first-order valence-electron chi connectivity index (χ1n) is 26.0. The van der Waals surface area contributed by atoms with Gasteiger partial charge in [-0.3, -0.25) is 4.79 Å². The summed E-state index contributed by atoms with van der Waals surface area (Å²) in [6, 6.07) is 0. The van der Waals surface area contributed by atoms with E-state index in [0.717, 1.165) is 6.41 Å². The molecule has 478 valence electrons. The molecule has 21 rings (SSSR count). The Morgan fingerprint density at radius 1 is 0.244 bits per heavy atom. The molecule has 82 heavy (non-hydrogen) atoms. The molecule has 14 bridgehead atoms. The monoisotopic (exact) mass is 1210 g/mol. The summed E-state index contributed by atoms with van der Waals surface area (Å²) in [5.41, 5.74) is 0. The van der Waals surface area contributed by atoms with Gasteiger partial charge in [0, 0.05) is 14.1 Å². The Morgan fingerprint density at radius 2 is 0.354 bits per heavy atom. The average molecular weight is 1210 g/mol. The number of carbonyl (C=O) groups excluding carboxylic acids is 1. The lowest BCUT2D eigenvalue weighted by Crippen LogP contribution is -2.68. The molecule has 21 heterocycles. The second-order valence-electron chi connectivity index (χ2n) is 20.7. The summed E-state index contributed by atoms with van der Waals surface area (Å²) in [4.78, 5) is 10.9. The molecule has 37 heteroatoms. The summed E-state index contributed by atoms with van der Waals surface area (Å²) in [5.74, 6) is 0. The fraction of sp³-hybridized carbons (Fsp3) is 0.978. The van der Waals surface area contributed by atoms with Crippen LogP contribution in [0, 0.1) is 0 Å². The van der Waals surface area contributed by atoms with Crippen molar-refractivity contribution >= 4 is 6.41 Å². The van der Waals surface area contributed by atoms with E-state index in [1.54, 1.807) is 14.1 Å². The van der Waals surface area contributed by atoms with Gasteiger partial charge in [0.25, 0.3) is 0 Å². The number of amides is 1. The molecule has 0 unspecified atom stereocenters. The minimum atomic E-state index is -2.21. The first-order chi connectivity index (χ1) is 38.9. The molecule has 35 atom stereocenters. The Labute approximate surface area is 464 Å². The van der Waals surface area contributed by atoms with Crippen molar-refractivity contribution in [3.63, 3.8) is 0 Å². The van der Waals surface area contributed by atoms with E-state index in [4.69, 9.17) is 66.3 Å². The molecule has 0 aromatic heterocycles. The van der Waals surface area contributed by atoms with E-state index in [9.17, 15) is 112 Å². The van der Waals surface area contributed by atoms with Crippen molar-refractivity contribution in [3.05, 3.63) is 0 Å². The van der Waals surface area contributed by atoms with Crippen LogP contribution in [0.4, 0.5) is 0 Å². The Morgan fingerprint density at radius 3 is 0.439 bits per heavy atom. The number of hydrogen-bond acceptors (Lipinski definition) is 36. The molecule has 21 aliphatic rings. The van der Waals surface area contributed by atoms with Crippen LogP contribution in [-0.4, -0.2) is 394 Å². The standard InChI is InChI=1S/C42H70O35.C3H7NO/c43-1-8-29-15(50)22(57)36(64-8)72-30-9(2-44)66-38(24(59)17(30)52)74-32-11(4-46)68-40(26(61)19(32)54)76-34-13(6-48)70-42(28(63)21(34)56)77-35-14(7-49)69-41(27(62)20(35)55)75-33-12(5-47)67-39(25(60)18(33)53)73-31-10(3-45)65-37(71-29)23(58)16(31)51;1-4(2)3-5/h8-63H,1-7H2;3H,1-2H3/t8-,9-,10-,11-,12-,13-,14-,15-,16-,17-,18-,19-,20-,21-,22-,23-,24-,25-,26-,27-,28-,29-,30-,31-,32-,33-,34-,35-,36-,37-,38-,39-,40-,41-,42-;/m1./s1. The van der Waals surface area contributed by atoms with Gasteiger partial charge in [0.15, 0.2) is 44.0 Å². The Balaban J connectivity index is 0.00000185. The Kier molecular flexibility index (Phi) is 24.2. The fourth-order valence-corrected chi connectivity index (χ4v) is 10.4. The SMILES string of the molecule is CN(C)C=O.OC[C@H]1O[C@@H]2O[C@H]3[C@H](O)[C@@H](O)[C@@H](O[C@H]4[C@H](O)[C@@H](O)[C@@H](O[C@H]5[C@H](O)[C@@H](O)[C@@H](O[C@H]6[C@H](O)[C@@H](O)[C@@H](O[C@H]7[C@H](O)[C@@H](O)[C@@H](O[C@H]8[C@H](O)[C@@H](O)[C@@H](O[C@H]1[C@H](O)[C@H]2O)O[C@@H]8CO)O[C@@H]7CO)O[C@@H]6CO)O[C@@H]5CO)O[C@@H]4CO)O[C@@H]3CO. The van der Waals surface area contributed by atoms with E-state index in [-0.39, 0.29) is 0 Å². The normalized spacial score (nSPS) is 52.4. The van der Waals surface area contributed by atoms with Crippen molar-refractivity contribution in [2.45, 2.75) is 215 Å². The van der Waals surface area contributed by atoms with E-state index >= 15 is 0 Å². The van der Waals surface area contributed by atoms with E-state index in [1.165, 1.54) is 4.90 Å². The van der Waals surface area contributed by atoms with Gasteiger partial charge in [0.2, 0.25) is 6.41 Å². The zero-order valence-electron chi connectivity index (χ0n) is 43.7. The third-order valence-electron chi connectivity index (χ3n) is 15.0. The molecule has 21 saturated heterocycles. The highest BCUT2D eigenvalue weighted by atomic mass is 16.8. The maximum absolute atomic E-state index is 11.3. The predicted molar refractivity (Wildman–Crippen MR) is 248 cm³/mol. The summed E-state index contributed by atoms with van der Waals surface area (Å²) < 4.78 is 79.5. The minimum Gasteiger partial charge on any atom is -0.394 e. The maximum atomic E-state index is 11.3. The third kappa shape index (κ3) is 14.0.